The Labute approximate surface area is 137 Å². The van der Waals surface area contributed by atoms with Gasteiger partial charge in [0.1, 0.15) is 0 Å². The number of hydrogen-bond donors (Lipinski definition) is 1. The predicted molar refractivity (Wildman–Crippen MR) is 87.0 cm³/mol. The van der Waals surface area contributed by atoms with E-state index >= 15 is 0 Å². The van der Waals surface area contributed by atoms with Crippen molar-refractivity contribution < 1.29 is 19.1 Å². The molecule has 1 aliphatic carbocycles. The van der Waals surface area contributed by atoms with Crippen molar-refractivity contribution in [3.8, 4) is 0 Å². The van der Waals surface area contributed by atoms with E-state index in [0.29, 0.717) is 18.1 Å². The molecule has 1 fully saturated rings. The first-order valence-electron chi connectivity index (χ1n) is 8.12. The van der Waals surface area contributed by atoms with Gasteiger partial charge in [0.15, 0.2) is 6.61 Å². The van der Waals surface area contributed by atoms with E-state index in [2.05, 4.69) is 5.32 Å². The van der Waals surface area contributed by atoms with Crippen LogP contribution in [0.4, 0.5) is 0 Å². The summed E-state index contributed by atoms with van der Waals surface area (Å²) >= 11 is 0. The van der Waals surface area contributed by atoms with E-state index in [-0.39, 0.29) is 24.7 Å². The molecular formula is C18H25NO4. The summed E-state index contributed by atoms with van der Waals surface area (Å²) < 4.78 is 10.5. The van der Waals surface area contributed by atoms with Crippen molar-refractivity contribution in [3.05, 3.63) is 35.4 Å². The topological polar surface area (TPSA) is 64.6 Å². The summed E-state index contributed by atoms with van der Waals surface area (Å²) in [6, 6.07) is 7.18. The molecule has 5 nitrogen and oxygen atoms in total. The first-order chi connectivity index (χ1) is 11.0. The lowest BCUT2D eigenvalue weighted by Gasteiger charge is -2.12. The molecule has 1 N–H and O–H groups in total. The van der Waals surface area contributed by atoms with Gasteiger partial charge in [-0.3, -0.25) is 4.79 Å². The minimum Gasteiger partial charge on any atom is -0.452 e. The molecule has 0 radical (unpaired) electrons. The van der Waals surface area contributed by atoms with Crippen LogP contribution in [-0.4, -0.2) is 30.6 Å². The molecule has 0 unspecified atom stereocenters. The normalized spacial score (nSPS) is 15.3. The summed E-state index contributed by atoms with van der Waals surface area (Å²) in [7, 11) is 0. The highest BCUT2D eigenvalue weighted by molar-refractivity contribution is 5.91. The first kappa shape index (κ1) is 17.5. The molecule has 0 saturated heterocycles. The average molecular weight is 319 g/mol. The number of benzene rings is 1. The molecule has 1 saturated carbocycles. The Morgan fingerprint density at radius 1 is 1.17 bits per heavy atom. The fraction of sp³-hybridized carbons (Fsp3) is 0.556. The maximum absolute atomic E-state index is 11.9. The average Bonchev–Trinajstić information content (AvgIpc) is 3.36. The lowest BCUT2D eigenvalue weighted by molar-refractivity contribution is -0.124. The number of carbonyl (C=O) groups is 2. The Hall–Kier alpha value is -1.88. The molecule has 1 aromatic rings. The number of amides is 1. The minimum absolute atomic E-state index is 0.154. The molecule has 0 bridgehead atoms. The van der Waals surface area contributed by atoms with Gasteiger partial charge in [0.25, 0.3) is 5.91 Å². The maximum Gasteiger partial charge on any atom is 0.338 e. The highest BCUT2D eigenvalue weighted by Crippen LogP contribution is 2.32. The molecule has 5 heteroatoms. The van der Waals surface area contributed by atoms with Crippen LogP contribution < -0.4 is 5.32 Å². The SMILES string of the molecule is CC(C)OCc1ccc(C(=O)OCC(=O)N[C@H](C)C2CC2)cc1. The van der Waals surface area contributed by atoms with Crippen LogP contribution in [-0.2, 0) is 20.9 Å². The number of rotatable bonds is 8. The second-order valence-electron chi connectivity index (χ2n) is 6.33. The van der Waals surface area contributed by atoms with Gasteiger partial charge in [0.05, 0.1) is 18.3 Å². The molecule has 2 rings (SSSR count). The summed E-state index contributed by atoms with van der Waals surface area (Å²) in [4.78, 5) is 23.6. The summed E-state index contributed by atoms with van der Waals surface area (Å²) in [6.45, 7) is 6.19. The van der Waals surface area contributed by atoms with Crippen molar-refractivity contribution in [1.29, 1.82) is 0 Å². The monoisotopic (exact) mass is 319 g/mol. The van der Waals surface area contributed by atoms with Gasteiger partial charge in [-0.2, -0.15) is 0 Å². The van der Waals surface area contributed by atoms with Crippen LogP contribution in [0.5, 0.6) is 0 Å². The van der Waals surface area contributed by atoms with E-state index in [1.807, 2.05) is 32.9 Å². The fourth-order valence-electron chi connectivity index (χ4n) is 2.22. The zero-order chi connectivity index (χ0) is 16.8. The van der Waals surface area contributed by atoms with Gasteiger partial charge < -0.3 is 14.8 Å². The Morgan fingerprint density at radius 3 is 2.39 bits per heavy atom. The number of nitrogens with one attached hydrogen (secondary N) is 1. The number of ether oxygens (including phenoxy) is 2. The van der Waals surface area contributed by atoms with Crippen LogP contribution in [0.25, 0.3) is 0 Å². The van der Waals surface area contributed by atoms with Gasteiger partial charge in [-0.25, -0.2) is 4.79 Å². The third-order valence-corrected chi connectivity index (χ3v) is 3.83. The molecule has 1 aliphatic rings. The summed E-state index contributed by atoms with van der Waals surface area (Å²) in [5.41, 5.74) is 1.42. The molecule has 126 valence electrons. The lowest BCUT2D eigenvalue weighted by Crippen LogP contribution is -2.37. The van der Waals surface area contributed by atoms with Crippen molar-refractivity contribution in [1.82, 2.24) is 5.32 Å². The third kappa shape index (κ3) is 6.02. The Balaban J connectivity index is 1.75. The van der Waals surface area contributed by atoms with E-state index in [0.717, 1.165) is 18.4 Å². The smallest absolute Gasteiger partial charge is 0.338 e. The second kappa shape index (κ2) is 8.11. The van der Waals surface area contributed by atoms with E-state index in [4.69, 9.17) is 9.47 Å². The molecule has 0 aliphatic heterocycles. The fourth-order valence-corrected chi connectivity index (χ4v) is 2.22. The molecule has 0 heterocycles. The van der Waals surface area contributed by atoms with E-state index < -0.39 is 5.97 Å². The second-order valence-corrected chi connectivity index (χ2v) is 6.33. The van der Waals surface area contributed by atoms with Gasteiger partial charge in [-0.15, -0.1) is 0 Å². The van der Waals surface area contributed by atoms with Crippen molar-refractivity contribution >= 4 is 11.9 Å². The Bertz CT molecular complexity index is 534. The maximum atomic E-state index is 11.9. The molecule has 1 aromatic carbocycles. The summed E-state index contributed by atoms with van der Waals surface area (Å²) in [6.07, 6.45) is 2.48. The number of hydrogen-bond acceptors (Lipinski definition) is 4. The summed E-state index contributed by atoms with van der Waals surface area (Å²) in [5, 5.41) is 2.85. The highest BCUT2D eigenvalue weighted by atomic mass is 16.5. The van der Waals surface area contributed by atoms with Gasteiger partial charge in [0, 0.05) is 6.04 Å². The number of esters is 1. The zero-order valence-corrected chi connectivity index (χ0v) is 14.0. The zero-order valence-electron chi connectivity index (χ0n) is 14.0. The van der Waals surface area contributed by atoms with Crippen molar-refractivity contribution in [3.63, 3.8) is 0 Å². The lowest BCUT2D eigenvalue weighted by atomic mass is 10.1. The largest absolute Gasteiger partial charge is 0.452 e. The van der Waals surface area contributed by atoms with Crippen molar-refractivity contribution in [2.45, 2.75) is 52.4 Å². The van der Waals surface area contributed by atoms with Crippen LogP contribution in [0, 0.1) is 5.92 Å². The number of carbonyl (C=O) groups excluding carboxylic acids is 2. The van der Waals surface area contributed by atoms with Crippen LogP contribution in [0.1, 0.15) is 49.5 Å². The van der Waals surface area contributed by atoms with Crippen molar-refractivity contribution in [2.24, 2.45) is 5.92 Å². The van der Waals surface area contributed by atoms with Crippen molar-refractivity contribution in [2.75, 3.05) is 6.61 Å². The van der Waals surface area contributed by atoms with E-state index in [1.165, 1.54) is 0 Å². The molecular weight excluding hydrogens is 294 g/mol. The quantitative estimate of drug-likeness (QED) is 0.748. The van der Waals surface area contributed by atoms with E-state index in [1.54, 1.807) is 12.1 Å². The third-order valence-electron chi connectivity index (χ3n) is 3.83. The highest BCUT2D eigenvalue weighted by Gasteiger charge is 2.28. The Morgan fingerprint density at radius 2 is 1.83 bits per heavy atom. The van der Waals surface area contributed by atoms with Crippen LogP contribution in [0.3, 0.4) is 0 Å². The first-order valence-corrected chi connectivity index (χ1v) is 8.12. The molecule has 0 aromatic heterocycles. The van der Waals surface area contributed by atoms with E-state index in [9.17, 15) is 9.59 Å². The Kier molecular flexibility index (Phi) is 6.16. The molecule has 0 spiro atoms. The minimum atomic E-state index is -0.490. The van der Waals surface area contributed by atoms with Crippen LogP contribution in [0.15, 0.2) is 24.3 Å². The molecule has 1 amide bonds. The molecule has 23 heavy (non-hydrogen) atoms. The van der Waals surface area contributed by atoms with Crippen LogP contribution in [0.2, 0.25) is 0 Å². The van der Waals surface area contributed by atoms with Gasteiger partial charge >= 0.3 is 5.97 Å². The van der Waals surface area contributed by atoms with Crippen LogP contribution >= 0.6 is 0 Å². The van der Waals surface area contributed by atoms with Gasteiger partial charge in [-0.05, 0) is 57.2 Å². The predicted octanol–water partition coefficient (Wildman–Crippen LogP) is 2.68. The van der Waals surface area contributed by atoms with Gasteiger partial charge in [-0.1, -0.05) is 12.1 Å². The molecule has 1 atom stereocenters. The summed E-state index contributed by atoms with van der Waals surface area (Å²) in [5.74, 6) is -0.162. The van der Waals surface area contributed by atoms with Gasteiger partial charge in [0.2, 0.25) is 0 Å². The standard InChI is InChI=1S/C18H25NO4/c1-12(2)22-10-14-4-6-16(7-5-14)18(21)23-11-17(20)19-13(3)15-8-9-15/h4-7,12-13,15H,8-11H2,1-3H3,(H,19,20)/t13-/m1/s1.